The van der Waals surface area contributed by atoms with Crippen LogP contribution in [0.25, 0.3) is 11.3 Å². The van der Waals surface area contributed by atoms with E-state index in [0.29, 0.717) is 27.8 Å². The minimum atomic E-state index is -0.822. The number of nitrogens with zero attached hydrogens (tertiary/aromatic N) is 2. The number of benzene rings is 2. The zero-order chi connectivity index (χ0) is 19.3. The van der Waals surface area contributed by atoms with Gasteiger partial charge in [-0.1, -0.05) is 29.8 Å². The SMILES string of the molecule is N#CC1C(=N)Oc2n[nH]c(-c3ccc4c(c3)OCO4)c2C1c1ccccc1Cl. The van der Waals surface area contributed by atoms with Crippen molar-refractivity contribution in [3.63, 3.8) is 0 Å². The third-order valence-corrected chi connectivity index (χ3v) is 5.29. The number of aromatic amines is 1. The number of aromatic nitrogens is 2. The van der Waals surface area contributed by atoms with Crippen molar-refractivity contribution in [2.75, 3.05) is 6.79 Å². The van der Waals surface area contributed by atoms with Gasteiger partial charge in [0.25, 0.3) is 0 Å². The Kier molecular flexibility index (Phi) is 3.74. The molecule has 2 unspecified atom stereocenters. The molecule has 2 aliphatic rings. The molecule has 0 bridgehead atoms. The molecular weight excluding hydrogens is 380 g/mol. The maximum absolute atomic E-state index is 9.75. The lowest BCUT2D eigenvalue weighted by atomic mass is 9.79. The van der Waals surface area contributed by atoms with Gasteiger partial charge in [0.15, 0.2) is 11.5 Å². The van der Waals surface area contributed by atoms with E-state index in [1.54, 1.807) is 6.07 Å². The minimum absolute atomic E-state index is 0.149. The number of rotatable bonds is 2. The van der Waals surface area contributed by atoms with Crippen molar-refractivity contribution in [3.8, 4) is 34.7 Å². The summed E-state index contributed by atoms with van der Waals surface area (Å²) in [5, 5.41) is 25.7. The highest BCUT2D eigenvalue weighted by atomic mass is 35.5. The molecule has 28 heavy (non-hydrogen) atoms. The third-order valence-electron chi connectivity index (χ3n) is 4.94. The average molecular weight is 393 g/mol. The molecule has 3 heterocycles. The molecule has 5 rings (SSSR count). The summed E-state index contributed by atoms with van der Waals surface area (Å²) in [6.45, 7) is 0.179. The first-order valence-electron chi connectivity index (χ1n) is 8.56. The van der Waals surface area contributed by atoms with E-state index >= 15 is 0 Å². The summed E-state index contributed by atoms with van der Waals surface area (Å²) in [6, 6.07) is 15.0. The van der Waals surface area contributed by atoms with Crippen LogP contribution in [0.5, 0.6) is 17.4 Å². The van der Waals surface area contributed by atoms with E-state index in [4.69, 9.17) is 31.2 Å². The highest BCUT2D eigenvalue weighted by Crippen LogP contribution is 2.48. The lowest BCUT2D eigenvalue weighted by Crippen LogP contribution is -2.31. The van der Waals surface area contributed by atoms with E-state index in [-0.39, 0.29) is 18.6 Å². The van der Waals surface area contributed by atoms with Crippen LogP contribution >= 0.6 is 11.6 Å². The van der Waals surface area contributed by atoms with Gasteiger partial charge in [0, 0.05) is 16.5 Å². The number of ether oxygens (including phenoxy) is 3. The zero-order valence-electron chi connectivity index (χ0n) is 14.4. The van der Waals surface area contributed by atoms with Gasteiger partial charge in [-0.25, -0.2) is 0 Å². The molecule has 8 heteroatoms. The van der Waals surface area contributed by atoms with Crippen molar-refractivity contribution in [1.29, 1.82) is 10.7 Å². The largest absolute Gasteiger partial charge is 0.454 e. The van der Waals surface area contributed by atoms with Crippen LogP contribution in [-0.2, 0) is 0 Å². The molecule has 0 fully saturated rings. The standard InChI is InChI=1S/C20H13ClN4O3/c21-13-4-2-1-3-11(13)16-12(8-22)19(23)28-20-17(16)18(24-25-20)10-5-6-14-15(7-10)27-9-26-14/h1-7,12,16,23H,9H2,(H,24,25). The predicted octanol–water partition coefficient (Wildman–Crippen LogP) is 4.10. The first-order valence-corrected chi connectivity index (χ1v) is 8.94. The summed E-state index contributed by atoms with van der Waals surface area (Å²) in [5.74, 6) is 0.119. The first kappa shape index (κ1) is 16.7. The summed E-state index contributed by atoms with van der Waals surface area (Å²) in [6.07, 6.45) is 0. The molecule has 1 aromatic heterocycles. The molecular formula is C20H13ClN4O3. The van der Waals surface area contributed by atoms with Gasteiger partial charge in [0.05, 0.1) is 17.3 Å². The smallest absolute Gasteiger partial charge is 0.244 e. The molecule has 0 radical (unpaired) electrons. The summed E-state index contributed by atoms with van der Waals surface area (Å²) in [4.78, 5) is 0. The molecule has 3 aromatic rings. The number of halogens is 1. The topological polar surface area (TPSA) is 104 Å². The number of nitriles is 1. The van der Waals surface area contributed by atoms with E-state index in [1.807, 2.05) is 36.4 Å². The highest BCUT2D eigenvalue weighted by molar-refractivity contribution is 6.31. The maximum atomic E-state index is 9.75. The van der Waals surface area contributed by atoms with Gasteiger partial charge < -0.3 is 14.2 Å². The molecule has 2 aliphatic heterocycles. The van der Waals surface area contributed by atoms with Gasteiger partial charge in [0.2, 0.25) is 18.6 Å². The van der Waals surface area contributed by atoms with Gasteiger partial charge in [-0.3, -0.25) is 10.5 Å². The number of hydrogen-bond donors (Lipinski definition) is 2. The van der Waals surface area contributed by atoms with Crippen LogP contribution in [0, 0.1) is 22.7 Å². The molecule has 0 saturated heterocycles. The normalized spacial score (nSPS) is 19.6. The molecule has 0 aliphatic carbocycles. The van der Waals surface area contributed by atoms with Crippen molar-refractivity contribution in [2.24, 2.45) is 5.92 Å². The van der Waals surface area contributed by atoms with E-state index in [9.17, 15) is 5.26 Å². The van der Waals surface area contributed by atoms with Crippen LogP contribution in [0.15, 0.2) is 42.5 Å². The molecule has 7 nitrogen and oxygen atoms in total. The van der Waals surface area contributed by atoms with Crippen LogP contribution < -0.4 is 14.2 Å². The summed E-state index contributed by atoms with van der Waals surface area (Å²) < 4.78 is 16.4. The fraction of sp³-hybridized carbons (Fsp3) is 0.150. The van der Waals surface area contributed by atoms with Gasteiger partial charge in [-0.05, 0) is 29.8 Å². The second kappa shape index (κ2) is 6.29. The molecule has 0 saturated carbocycles. The Hall–Kier alpha value is -3.50. The molecule has 0 amide bonds. The number of nitrogens with one attached hydrogen (secondary N) is 2. The second-order valence-corrected chi connectivity index (χ2v) is 6.86. The van der Waals surface area contributed by atoms with Crippen molar-refractivity contribution in [3.05, 3.63) is 58.6 Å². The summed E-state index contributed by atoms with van der Waals surface area (Å²) >= 11 is 6.45. The molecule has 2 aromatic carbocycles. The van der Waals surface area contributed by atoms with Crippen molar-refractivity contribution in [2.45, 2.75) is 5.92 Å². The van der Waals surface area contributed by atoms with E-state index in [0.717, 1.165) is 11.1 Å². The fourth-order valence-electron chi connectivity index (χ4n) is 3.65. The fourth-order valence-corrected chi connectivity index (χ4v) is 3.91. The second-order valence-electron chi connectivity index (χ2n) is 6.46. The van der Waals surface area contributed by atoms with E-state index < -0.39 is 11.8 Å². The van der Waals surface area contributed by atoms with E-state index in [1.165, 1.54) is 0 Å². The quantitative estimate of drug-likeness (QED) is 0.683. The molecule has 2 atom stereocenters. The number of H-pyrrole nitrogens is 1. The van der Waals surface area contributed by atoms with Crippen LogP contribution in [0.1, 0.15) is 17.0 Å². The summed E-state index contributed by atoms with van der Waals surface area (Å²) in [7, 11) is 0. The monoisotopic (exact) mass is 392 g/mol. The van der Waals surface area contributed by atoms with Crippen LogP contribution in [0.3, 0.4) is 0 Å². The predicted molar refractivity (Wildman–Crippen MR) is 101 cm³/mol. The Bertz CT molecular complexity index is 1150. The Balaban J connectivity index is 1.72. The average Bonchev–Trinajstić information content (AvgIpc) is 3.33. The summed E-state index contributed by atoms with van der Waals surface area (Å²) in [5.41, 5.74) is 2.93. The lowest BCUT2D eigenvalue weighted by Gasteiger charge is -2.28. The van der Waals surface area contributed by atoms with Gasteiger partial charge in [-0.15, -0.1) is 5.10 Å². The first-order chi connectivity index (χ1) is 13.7. The van der Waals surface area contributed by atoms with Gasteiger partial charge >= 0.3 is 0 Å². The molecule has 2 N–H and O–H groups in total. The Morgan fingerprint density at radius 3 is 2.82 bits per heavy atom. The van der Waals surface area contributed by atoms with Crippen molar-refractivity contribution < 1.29 is 14.2 Å². The van der Waals surface area contributed by atoms with Gasteiger partial charge in [0.1, 0.15) is 5.92 Å². The molecule has 0 spiro atoms. The Morgan fingerprint density at radius 1 is 1.18 bits per heavy atom. The Morgan fingerprint density at radius 2 is 2.00 bits per heavy atom. The van der Waals surface area contributed by atoms with Crippen LogP contribution in [-0.4, -0.2) is 22.9 Å². The third kappa shape index (κ3) is 2.42. The highest BCUT2D eigenvalue weighted by Gasteiger charge is 2.41. The molecule has 138 valence electrons. The Labute approximate surface area is 164 Å². The van der Waals surface area contributed by atoms with Crippen molar-refractivity contribution >= 4 is 17.5 Å². The lowest BCUT2D eigenvalue weighted by molar-refractivity contribution is 0.174. The maximum Gasteiger partial charge on any atom is 0.244 e. The minimum Gasteiger partial charge on any atom is -0.454 e. The number of hydrogen-bond acceptors (Lipinski definition) is 6. The van der Waals surface area contributed by atoms with Crippen LogP contribution in [0.4, 0.5) is 0 Å². The van der Waals surface area contributed by atoms with Gasteiger partial charge in [-0.2, -0.15) is 5.26 Å². The van der Waals surface area contributed by atoms with Crippen molar-refractivity contribution in [1.82, 2.24) is 10.2 Å². The zero-order valence-corrected chi connectivity index (χ0v) is 15.2. The number of fused-ring (bicyclic) bond motifs is 2. The van der Waals surface area contributed by atoms with E-state index in [2.05, 4.69) is 16.3 Å². The van der Waals surface area contributed by atoms with Crippen LogP contribution in [0.2, 0.25) is 5.02 Å².